The summed E-state index contributed by atoms with van der Waals surface area (Å²) in [4.78, 5) is 19.8. The number of aryl methyl sites for hydroxylation is 3. The highest BCUT2D eigenvalue weighted by atomic mass is 19.1. The second-order valence-electron chi connectivity index (χ2n) is 11.0. The fraction of sp³-hybridized carbons (Fsp3) is 0.367. The van der Waals surface area contributed by atoms with Gasteiger partial charge in [-0.2, -0.15) is 5.10 Å². The van der Waals surface area contributed by atoms with E-state index in [0.29, 0.717) is 40.2 Å². The number of hydrogen-bond acceptors (Lipinski definition) is 5. The Morgan fingerprint density at radius 3 is 2.63 bits per heavy atom. The predicted octanol–water partition coefficient (Wildman–Crippen LogP) is 5.26. The zero-order valence-electron chi connectivity index (χ0n) is 22.2. The Kier molecular flexibility index (Phi) is 5.94. The number of pyridine rings is 1. The number of benzene rings is 2. The lowest BCUT2D eigenvalue weighted by Crippen LogP contribution is -2.65. The molecule has 1 aliphatic carbocycles. The summed E-state index contributed by atoms with van der Waals surface area (Å²) in [6, 6.07) is 12.8. The number of nitrogens with one attached hydrogen (secondary N) is 1. The molecule has 1 aliphatic heterocycles. The molecule has 2 aromatic heterocycles. The first kappa shape index (κ1) is 24.6. The summed E-state index contributed by atoms with van der Waals surface area (Å²) in [5.74, 6) is 0.411. The minimum atomic E-state index is -0.528. The summed E-state index contributed by atoms with van der Waals surface area (Å²) in [7, 11) is 4.02. The maximum atomic E-state index is 15.4. The van der Waals surface area contributed by atoms with Crippen molar-refractivity contribution in [1.29, 1.82) is 0 Å². The van der Waals surface area contributed by atoms with E-state index in [0.717, 1.165) is 42.5 Å². The van der Waals surface area contributed by atoms with Gasteiger partial charge in [0.25, 0.3) is 5.91 Å². The van der Waals surface area contributed by atoms with Gasteiger partial charge in [-0.3, -0.25) is 14.5 Å². The van der Waals surface area contributed by atoms with Crippen LogP contribution in [0, 0.1) is 18.2 Å². The van der Waals surface area contributed by atoms with E-state index >= 15 is 4.39 Å². The number of halogens is 1. The van der Waals surface area contributed by atoms with E-state index in [2.05, 4.69) is 27.3 Å². The minimum Gasteiger partial charge on any atom is -0.457 e. The molecule has 1 spiro atoms. The first-order valence-corrected chi connectivity index (χ1v) is 13.1. The van der Waals surface area contributed by atoms with Gasteiger partial charge in [-0.15, -0.1) is 0 Å². The van der Waals surface area contributed by atoms with Crippen molar-refractivity contribution in [2.75, 3.05) is 20.1 Å². The Balaban J connectivity index is 1.21. The van der Waals surface area contributed by atoms with Gasteiger partial charge < -0.3 is 15.0 Å². The first-order chi connectivity index (χ1) is 18.2. The van der Waals surface area contributed by atoms with E-state index in [1.165, 1.54) is 6.07 Å². The van der Waals surface area contributed by atoms with E-state index < -0.39 is 5.82 Å². The first-order valence-electron chi connectivity index (χ1n) is 13.1. The topological polar surface area (TPSA) is 72.3 Å². The van der Waals surface area contributed by atoms with Gasteiger partial charge in [-0.1, -0.05) is 6.92 Å². The molecule has 1 amide bonds. The maximum Gasteiger partial charge on any atom is 0.254 e. The lowest BCUT2D eigenvalue weighted by molar-refractivity contribution is -0.0626. The van der Waals surface area contributed by atoms with Crippen molar-refractivity contribution in [1.82, 2.24) is 25.0 Å². The van der Waals surface area contributed by atoms with Crippen LogP contribution in [0.25, 0.3) is 22.2 Å². The summed E-state index contributed by atoms with van der Waals surface area (Å²) in [5, 5.41) is 8.60. The SMILES string of the molecule is CCc1cc(-c2cc(Oc3ccc4c(C)nn(C)c4c3)ccn2)cc(F)c1C(=O)NC1CC2(C1)CN(C)C2. The molecule has 0 radical (unpaired) electrons. The van der Waals surface area contributed by atoms with Crippen LogP contribution in [0.2, 0.25) is 0 Å². The Morgan fingerprint density at radius 1 is 1.13 bits per heavy atom. The van der Waals surface area contributed by atoms with Crippen molar-refractivity contribution < 1.29 is 13.9 Å². The Labute approximate surface area is 221 Å². The molecule has 4 aromatic rings. The minimum absolute atomic E-state index is 0.116. The van der Waals surface area contributed by atoms with Gasteiger partial charge in [-0.25, -0.2) is 4.39 Å². The Bertz CT molecular complexity index is 1550. The third kappa shape index (κ3) is 4.32. The van der Waals surface area contributed by atoms with Gasteiger partial charge in [0, 0.05) is 55.5 Å². The van der Waals surface area contributed by atoms with Crippen molar-refractivity contribution in [3.05, 3.63) is 71.3 Å². The maximum absolute atomic E-state index is 15.4. The summed E-state index contributed by atoms with van der Waals surface area (Å²) in [6.45, 7) is 6.07. The number of rotatable bonds is 6. The number of carbonyl (C=O) groups excluding carboxylic acids is 1. The van der Waals surface area contributed by atoms with Crippen LogP contribution >= 0.6 is 0 Å². The molecule has 1 saturated carbocycles. The molecule has 38 heavy (non-hydrogen) atoms. The molecule has 3 heterocycles. The van der Waals surface area contributed by atoms with Crippen LogP contribution in [0.5, 0.6) is 11.5 Å². The van der Waals surface area contributed by atoms with Gasteiger partial charge in [0.2, 0.25) is 0 Å². The normalized spacial score (nSPS) is 16.9. The molecule has 1 saturated heterocycles. The molecule has 0 atom stereocenters. The van der Waals surface area contributed by atoms with Crippen LogP contribution in [-0.4, -0.2) is 51.8 Å². The highest BCUT2D eigenvalue weighted by molar-refractivity contribution is 5.97. The highest BCUT2D eigenvalue weighted by Gasteiger charge is 2.51. The second kappa shape index (κ2) is 9.20. The molecule has 196 valence electrons. The van der Waals surface area contributed by atoms with Crippen molar-refractivity contribution >= 4 is 16.8 Å². The molecule has 8 heteroatoms. The summed E-state index contributed by atoms with van der Waals surface area (Å²) < 4.78 is 23.3. The lowest BCUT2D eigenvalue weighted by Gasteiger charge is -2.58. The van der Waals surface area contributed by atoms with Crippen LogP contribution < -0.4 is 10.1 Å². The van der Waals surface area contributed by atoms with Crippen LogP contribution in [0.3, 0.4) is 0 Å². The number of fused-ring (bicyclic) bond motifs is 1. The number of carbonyl (C=O) groups is 1. The molecule has 2 aliphatic rings. The van der Waals surface area contributed by atoms with E-state index in [9.17, 15) is 4.79 Å². The molecule has 0 unspecified atom stereocenters. The summed E-state index contributed by atoms with van der Waals surface area (Å²) in [6.07, 6.45) is 4.11. The summed E-state index contributed by atoms with van der Waals surface area (Å²) >= 11 is 0. The predicted molar refractivity (Wildman–Crippen MR) is 145 cm³/mol. The number of amides is 1. The van der Waals surface area contributed by atoms with Crippen molar-refractivity contribution in [3.63, 3.8) is 0 Å². The number of nitrogens with zero attached hydrogens (tertiary/aromatic N) is 4. The quantitative estimate of drug-likeness (QED) is 0.381. The second-order valence-corrected chi connectivity index (χ2v) is 11.0. The average Bonchev–Trinajstić information content (AvgIpc) is 3.13. The largest absolute Gasteiger partial charge is 0.457 e. The molecule has 7 nitrogen and oxygen atoms in total. The van der Waals surface area contributed by atoms with E-state index in [1.807, 2.05) is 49.8 Å². The fourth-order valence-corrected chi connectivity index (χ4v) is 6.30. The van der Waals surface area contributed by atoms with Gasteiger partial charge >= 0.3 is 0 Å². The monoisotopic (exact) mass is 513 g/mol. The lowest BCUT2D eigenvalue weighted by atomic mass is 9.61. The molecule has 1 N–H and O–H groups in total. The standard InChI is InChI=1S/C30H32FN5O2/c1-5-19-10-20(11-25(31)28(19)29(37)33-21-14-30(15-21)16-35(3)17-30)26-12-23(8-9-32-26)38-22-6-7-24-18(2)34-36(4)27(24)13-22/h6-13,21H,5,14-17H2,1-4H3,(H,33,37). The summed E-state index contributed by atoms with van der Waals surface area (Å²) in [5.41, 5.74) is 4.29. The molecule has 6 rings (SSSR count). The van der Waals surface area contributed by atoms with Gasteiger partial charge in [0.1, 0.15) is 17.3 Å². The van der Waals surface area contributed by atoms with Crippen LogP contribution in [0.1, 0.15) is 41.4 Å². The molecular formula is C30H32FN5O2. The van der Waals surface area contributed by atoms with Gasteiger partial charge in [-0.05, 0) is 74.5 Å². The van der Waals surface area contributed by atoms with Crippen LogP contribution in [0.4, 0.5) is 4.39 Å². The highest BCUT2D eigenvalue weighted by Crippen LogP contribution is 2.47. The van der Waals surface area contributed by atoms with Crippen molar-refractivity contribution in [3.8, 4) is 22.8 Å². The van der Waals surface area contributed by atoms with E-state index in [1.54, 1.807) is 18.3 Å². The molecule has 2 fully saturated rings. The Hall–Kier alpha value is -3.78. The molecule has 2 aromatic carbocycles. The van der Waals surface area contributed by atoms with Crippen LogP contribution in [0.15, 0.2) is 48.7 Å². The third-order valence-electron chi connectivity index (χ3n) is 7.96. The van der Waals surface area contributed by atoms with E-state index in [-0.39, 0.29) is 17.5 Å². The smallest absolute Gasteiger partial charge is 0.254 e. The number of aromatic nitrogens is 3. The van der Waals surface area contributed by atoms with Crippen LogP contribution in [-0.2, 0) is 13.5 Å². The number of likely N-dealkylation sites (tertiary alicyclic amines) is 1. The van der Waals surface area contributed by atoms with E-state index in [4.69, 9.17) is 4.74 Å². The number of ether oxygens (including phenoxy) is 1. The third-order valence-corrected chi connectivity index (χ3v) is 7.96. The van der Waals surface area contributed by atoms with Crippen molar-refractivity contribution in [2.24, 2.45) is 12.5 Å². The van der Waals surface area contributed by atoms with Crippen molar-refractivity contribution in [2.45, 2.75) is 39.2 Å². The average molecular weight is 514 g/mol. The van der Waals surface area contributed by atoms with Gasteiger partial charge in [0.05, 0.1) is 22.5 Å². The molecular weight excluding hydrogens is 481 g/mol. The zero-order valence-corrected chi connectivity index (χ0v) is 22.2. The molecule has 0 bridgehead atoms. The fourth-order valence-electron chi connectivity index (χ4n) is 6.30. The van der Waals surface area contributed by atoms with Gasteiger partial charge in [0.15, 0.2) is 0 Å². The Morgan fingerprint density at radius 2 is 1.89 bits per heavy atom. The zero-order chi connectivity index (χ0) is 26.6. The number of hydrogen-bond donors (Lipinski definition) is 1.